The van der Waals surface area contributed by atoms with E-state index in [-0.39, 0.29) is 37.7 Å². The van der Waals surface area contributed by atoms with Crippen molar-refractivity contribution in [3.8, 4) is 0 Å². The van der Waals surface area contributed by atoms with Crippen LogP contribution in [0.15, 0.2) is 30.3 Å². The second-order valence-electron chi connectivity index (χ2n) is 25.1. The second-order valence-corrected chi connectivity index (χ2v) is 25.1. The van der Waals surface area contributed by atoms with Crippen LogP contribution >= 0.6 is 0 Å². The Hall–Kier alpha value is -6.69. The zero-order valence-electron chi connectivity index (χ0n) is 53.9. The quantitative estimate of drug-likeness (QED) is 0.199. The Morgan fingerprint density at radius 1 is 0.635 bits per heavy atom. The first-order valence-electron chi connectivity index (χ1n) is 30.0. The van der Waals surface area contributed by atoms with Gasteiger partial charge in [0.2, 0.25) is 65.0 Å². The number of amides is 11. The number of nitrogens with one attached hydrogen (secondary N) is 4. The number of likely N-dealkylation sites (tertiary alicyclic amines) is 1. The monoisotopic (exact) mass is 1200 g/mol. The van der Waals surface area contributed by atoms with Gasteiger partial charge in [0.05, 0.1) is 31.3 Å². The van der Waals surface area contributed by atoms with E-state index in [0.717, 1.165) is 21.1 Å². The summed E-state index contributed by atoms with van der Waals surface area (Å²) in [5.74, 6) is -8.97. The van der Waals surface area contributed by atoms with E-state index in [4.69, 9.17) is 4.74 Å². The van der Waals surface area contributed by atoms with E-state index in [1.165, 1.54) is 77.8 Å². The number of hydrogen-bond donors (Lipinski definition) is 5. The van der Waals surface area contributed by atoms with Crippen LogP contribution in [-0.2, 0) is 63.9 Å². The number of rotatable bonds is 12. The molecule has 24 nitrogen and oxygen atoms in total. The van der Waals surface area contributed by atoms with Crippen molar-refractivity contribution < 1.29 is 62.6 Å². The molecular weight excluding hydrogens is 1090 g/mol. The molecule has 11 atom stereocenters. The molecule has 0 saturated carbocycles. The third-order valence-corrected chi connectivity index (χ3v) is 16.1. The lowest BCUT2D eigenvalue weighted by molar-refractivity contribution is -0.152. The van der Waals surface area contributed by atoms with Crippen molar-refractivity contribution in [1.82, 2.24) is 55.6 Å². The summed E-state index contributed by atoms with van der Waals surface area (Å²) in [6.07, 6.45) is 0.634. The van der Waals surface area contributed by atoms with E-state index in [1.54, 1.807) is 62.9 Å². The van der Waals surface area contributed by atoms with Gasteiger partial charge in [0.15, 0.2) is 0 Å². The average Bonchev–Trinajstić information content (AvgIpc) is 2.85. The maximum absolute atomic E-state index is 15.0. The van der Waals surface area contributed by atoms with E-state index in [1.807, 2.05) is 34.6 Å². The Morgan fingerprint density at radius 2 is 1.18 bits per heavy atom. The van der Waals surface area contributed by atoms with Crippen molar-refractivity contribution >= 4 is 65.0 Å². The van der Waals surface area contributed by atoms with Crippen LogP contribution in [0.5, 0.6) is 0 Å². The first kappa shape index (κ1) is 72.6. The normalized spacial score (nSPS) is 26.5. The Bertz CT molecular complexity index is 2480. The fraction of sp³-hybridized carbons (Fsp3) is 0.721. The van der Waals surface area contributed by atoms with E-state index in [0.29, 0.717) is 37.9 Å². The molecule has 2 saturated heterocycles. The number of carbonyl (C=O) groups is 11. The highest BCUT2D eigenvalue weighted by Crippen LogP contribution is 2.22. The molecule has 1 aromatic carbocycles. The summed E-state index contributed by atoms with van der Waals surface area (Å²) in [6, 6.07) is -3.19. The van der Waals surface area contributed by atoms with Crippen molar-refractivity contribution in [2.24, 2.45) is 17.8 Å². The van der Waals surface area contributed by atoms with Gasteiger partial charge in [-0.3, -0.25) is 52.7 Å². The third kappa shape index (κ3) is 20.8. The summed E-state index contributed by atoms with van der Waals surface area (Å²) in [4.78, 5) is 168. The molecule has 11 amide bonds. The molecular formula is C61H101N11O13. The van der Waals surface area contributed by atoms with Crippen LogP contribution in [0, 0.1) is 17.8 Å². The number of carbonyl (C=O) groups excluding carboxylic acids is 11. The minimum atomic E-state index is -1.63. The summed E-state index contributed by atoms with van der Waals surface area (Å²) in [5, 5.41) is 22.0. The number of nitrogens with zero attached hydrogens (tertiary/aromatic N) is 7. The predicted octanol–water partition coefficient (Wildman–Crippen LogP) is 1.55. The number of hydrogen-bond acceptors (Lipinski definition) is 13. The standard InChI is InChI=1S/C61H101N11O13/c1-19-38(6)51-54(78)63-43(58(82)72-28-24-21-25-29-72)33-48(74)62-39(7)55(79)67(14)40(8)56(80)70(17)47(32-42-26-22-20-23-27-42)59(83)69(16)46(31-37(4)5)53(77)65-50(41(9)73)60(84)66(13)34-49(75)68(15)45(30-36(2)3)52(76)64-44(57(81)71(51)18)35-85-61(10,11)12/h20,22-23,26-27,36-41,43-47,50-51,73H,19,21,24-25,28-35H2,1-18H3,(H,62,74)(H,63,78)(H,64,76)(H,65,77)/t38-,39-,40-,41+,43-,44-,45-,46-,47-,50-,51-/m0/s1. The molecule has 1 aromatic rings. The van der Waals surface area contributed by atoms with Crippen LogP contribution in [0.1, 0.15) is 134 Å². The molecule has 0 unspecified atom stereocenters. The summed E-state index contributed by atoms with van der Waals surface area (Å²) in [7, 11) is 8.24. The highest BCUT2D eigenvalue weighted by atomic mass is 16.5. The second kappa shape index (κ2) is 32.7. The number of piperidine rings is 1. The van der Waals surface area contributed by atoms with Gasteiger partial charge in [0.25, 0.3) is 0 Å². The van der Waals surface area contributed by atoms with Crippen molar-refractivity contribution in [3.05, 3.63) is 35.9 Å². The van der Waals surface area contributed by atoms with Crippen LogP contribution in [-0.4, -0.2) is 239 Å². The minimum absolute atomic E-state index is 0.0222. The zero-order chi connectivity index (χ0) is 64.5. The SMILES string of the molecule is CC[C@H](C)[C@H]1C(=O)N[C@H](C(=O)N2CCCCC2)CC(=O)N[C@@H](C)C(=O)N(C)[C@@H](C)C(=O)N(C)[C@@H](Cc2ccccc2)C(=O)N(C)[C@@H](CC(C)C)C(=O)N[C@@H]([C@@H](C)O)C(=O)N(C)CC(=O)N(C)[C@@H](CC(C)C)C(=O)N[C@@H](COC(C)(C)C)C(=O)N1C. The van der Waals surface area contributed by atoms with Crippen LogP contribution in [0.3, 0.4) is 0 Å². The average molecular weight is 1200 g/mol. The highest BCUT2D eigenvalue weighted by molar-refractivity contribution is 5.99. The van der Waals surface area contributed by atoms with Gasteiger partial charge in [-0.25, -0.2) is 0 Å². The van der Waals surface area contributed by atoms with Crippen LogP contribution in [0.25, 0.3) is 0 Å². The van der Waals surface area contributed by atoms with Crippen molar-refractivity contribution in [3.63, 3.8) is 0 Å². The van der Waals surface area contributed by atoms with Gasteiger partial charge in [0.1, 0.15) is 54.4 Å². The van der Waals surface area contributed by atoms with Gasteiger partial charge >= 0.3 is 0 Å². The van der Waals surface area contributed by atoms with Crippen molar-refractivity contribution in [2.75, 3.05) is 68.5 Å². The van der Waals surface area contributed by atoms with Crippen LogP contribution in [0.4, 0.5) is 0 Å². The smallest absolute Gasteiger partial charge is 0.248 e. The minimum Gasteiger partial charge on any atom is -0.391 e. The van der Waals surface area contributed by atoms with Crippen molar-refractivity contribution in [1.29, 1.82) is 0 Å². The van der Waals surface area contributed by atoms with Gasteiger partial charge in [-0.05, 0) is 97.0 Å². The Labute approximate surface area is 504 Å². The molecule has 85 heavy (non-hydrogen) atoms. The lowest BCUT2D eigenvalue weighted by Crippen LogP contribution is -2.62. The zero-order valence-corrected chi connectivity index (χ0v) is 53.9. The molecule has 2 fully saturated rings. The van der Waals surface area contributed by atoms with Crippen molar-refractivity contribution in [2.45, 2.75) is 201 Å². The number of aliphatic hydroxyl groups is 1. The largest absolute Gasteiger partial charge is 0.391 e. The molecule has 0 bridgehead atoms. The number of benzene rings is 1. The maximum Gasteiger partial charge on any atom is 0.248 e. The Balaban J connectivity index is 2.28. The predicted molar refractivity (Wildman–Crippen MR) is 320 cm³/mol. The molecule has 0 aromatic heterocycles. The molecule has 2 aliphatic heterocycles. The fourth-order valence-corrected chi connectivity index (χ4v) is 10.5. The lowest BCUT2D eigenvalue weighted by Gasteiger charge is -2.38. The van der Waals surface area contributed by atoms with E-state index in [2.05, 4.69) is 21.3 Å². The van der Waals surface area contributed by atoms with Gasteiger partial charge in [-0.15, -0.1) is 0 Å². The summed E-state index contributed by atoms with van der Waals surface area (Å²) in [6.45, 7) is 20.0. The van der Waals surface area contributed by atoms with Gasteiger partial charge in [-0.2, -0.15) is 0 Å². The van der Waals surface area contributed by atoms with Gasteiger partial charge < -0.3 is 65.4 Å². The lowest BCUT2D eigenvalue weighted by atomic mass is 9.95. The summed E-state index contributed by atoms with van der Waals surface area (Å²) in [5.41, 5.74) is -0.159. The number of ether oxygens (including phenoxy) is 1. The Morgan fingerprint density at radius 3 is 1.71 bits per heavy atom. The molecule has 0 radical (unpaired) electrons. The van der Waals surface area contributed by atoms with Gasteiger partial charge in [-0.1, -0.05) is 78.3 Å². The highest BCUT2D eigenvalue weighted by Gasteiger charge is 2.43. The molecule has 2 heterocycles. The van der Waals surface area contributed by atoms with E-state index < -0.39 is 150 Å². The first-order chi connectivity index (χ1) is 39.5. The van der Waals surface area contributed by atoms with Crippen LogP contribution in [0.2, 0.25) is 0 Å². The van der Waals surface area contributed by atoms with Crippen LogP contribution < -0.4 is 21.3 Å². The maximum atomic E-state index is 15.0. The Kier molecular flexibility index (Phi) is 27.9. The number of likely N-dealkylation sites (N-methyl/N-ethyl adjacent to an activating group) is 6. The third-order valence-electron chi connectivity index (χ3n) is 16.1. The molecule has 3 rings (SSSR count). The molecule has 2 aliphatic rings. The summed E-state index contributed by atoms with van der Waals surface area (Å²) < 4.78 is 6.10. The molecule has 0 aliphatic carbocycles. The van der Waals surface area contributed by atoms with E-state index in [9.17, 15) is 53.1 Å². The molecule has 5 N–H and O–H groups in total. The fourth-order valence-electron chi connectivity index (χ4n) is 10.5. The number of aliphatic hydroxyl groups excluding tert-OH is 1. The summed E-state index contributed by atoms with van der Waals surface area (Å²) >= 11 is 0. The molecule has 24 heteroatoms. The van der Waals surface area contributed by atoms with E-state index >= 15 is 4.79 Å². The first-order valence-corrected chi connectivity index (χ1v) is 30.0. The molecule has 0 spiro atoms. The topological polar surface area (TPSA) is 288 Å². The molecule has 478 valence electrons. The van der Waals surface area contributed by atoms with Gasteiger partial charge in [0, 0.05) is 61.8 Å².